The number of nitrogens with one attached hydrogen (secondary N) is 1. The second-order valence-electron chi connectivity index (χ2n) is 6.46. The molecule has 19 heavy (non-hydrogen) atoms. The Morgan fingerprint density at radius 2 is 1.79 bits per heavy atom. The van der Waals surface area contributed by atoms with Crippen molar-refractivity contribution < 1.29 is 0 Å². The summed E-state index contributed by atoms with van der Waals surface area (Å²) < 4.78 is 0. The molecule has 1 saturated carbocycles. The van der Waals surface area contributed by atoms with Crippen LogP contribution in [0.4, 0.5) is 0 Å². The normalized spacial score (nSPS) is 25.2. The van der Waals surface area contributed by atoms with Crippen molar-refractivity contribution in [1.29, 1.82) is 0 Å². The summed E-state index contributed by atoms with van der Waals surface area (Å²) in [6.45, 7) is 5.95. The Morgan fingerprint density at radius 1 is 1.11 bits per heavy atom. The number of rotatable bonds is 6. The van der Waals surface area contributed by atoms with Gasteiger partial charge in [0.1, 0.15) is 0 Å². The highest BCUT2D eigenvalue weighted by Crippen LogP contribution is 2.27. The van der Waals surface area contributed by atoms with Crippen molar-refractivity contribution in [2.24, 2.45) is 11.8 Å². The maximum atomic E-state index is 3.74. The Kier molecular flexibility index (Phi) is 5.91. The highest BCUT2D eigenvalue weighted by molar-refractivity contribution is 5.14. The third-order valence-corrected chi connectivity index (χ3v) is 4.60. The van der Waals surface area contributed by atoms with Gasteiger partial charge in [-0.15, -0.1) is 0 Å². The van der Waals surface area contributed by atoms with Crippen molar-refractivity contribution in [2.45, 2.75) is 58.4 Å². The van der Waals surface area contributed by atoms with Crippen LogP contribution in [-0.2, 0) is 6.42 Å². The van der Waals surface area contributed by atoms with Crippen molar-refractivity contribution in [3.05, 3.63) is 35.9 Å². The minimum absolute atomic E-state index is 0.638. The molecule has 0 aliphatic heterocycles. The average Bonchev–Trinajstić information content (AvgIpc) is 2.45. The van der Waals surface area contributed by atoms with Crippen LogP contribution in [0, 0.1) is 11.8 Å². The van der Waals surface area contributed by atoms with Gasteiger partial charge in [0.25, 0.3) is 0 Å². The molecule has 0 radical (unpaired) electrons. The molecule has 0 saturated heterocycles. The quantitative estimate of drug-likeness (QED) is 0.797. The summed E-state index contributed by atoms with van der Waals surface area (Å²) in [5.74, 6) is 1.89. The van der Waals surface area contributed by atoms with Crippen LogP contribution in [0.3, 0.4) is 0 Å². The van der Waals surface area contributed by atoms with E-state index in [2.05, 4.69) is 49.5 Å². The van der Waals surface area contributed by atoms with Crippen LogP contribution in [0.15, 0.2) is 30.3 Å². The van der Waals surface area contributed by atoms with E-state index in [9.17, 15) is 0 Å². The number of benzene rings is 1. The Bertz CT molecular complexity index is 338. The first kappa shape index (κ1) is 14.6. The molecule has 0 amide bonds. The van der Waals surface area contributed by atoms with E-state index in [-0.39, 0.29) is 0 Å². The van der Waals surface area contributed by atoms with Gasteiger partial charge in [-0.1, -0.05) is 50.1 Å². The highest BCUT2D eigenvalue weighted by atomic mass is 14.9. The van der Waals surface area contributed by atoms with Gasteiger partial charge in [0, 0.05) is 6.04 Å². The molecule has 0 bridgehead atoms. The van der Waals surface area contributed by atoms with Gasteiger partial charge in [0.15, 0.2) is 0 Å². The van der Waals surface area contributed by atoms with Crippen LogP contribution in [0.1, 0.15) is 51.5 Å². The van der Waals surface area contributed by atoms with Crippen molar-refractivity contribution in [3.8, 4) is 0 Å². The number of hydrogen-bond acceptors (Lipinski definition) is 1. The first-order valence-electron chi connectivity index (χ1n) is 8.01. The van der Waals surface area contributed by atoms with Crippen molar-refractivity contribution >= 4 is 0 Å². The van der Waals surface area contributed by atoms with E-state index < -0.39 is 0 Å². The Hall–Kier alpha value is -0.820. The van der Waals surface area contributed by atoms with Crippen molar-refractivity contribution in [3.63, 3.8) is 0 Å². The van der Waals surface area contributed by atoms with Crippen molar-refractivity contribution in [2.75, 3.05) is 6.54 Å². The monoisotopic (exact) mass is 259 g/mol. The van der Waals surface area contributed by atoms with Gasteiger partial charge in [0.05, 0.1) is 0 Å². The van der Waals surface area contributed by atoms with Crippen LogP contribution in [0.2, 0.25) is 0 Å². The van der Waals surface area contributed by atoms with E-state index in [0.29, 0.717) is 6.04 Å². The molecule has 1 aromatic carbocycles. The van der Waals surface area contributed by atoms with Gasteiger partial charge < -0.3 is 5.32 Å². The molecule has 0 aromatic heterocycles. The summed E-state index contributed by atoms with van der Waals surface area (Å²) >= 11 is 0. The Balaban J connectivity index is 1.61. The molecule has 2 rings (SSSR count). The molecule has 106 valence electrons. The lowest BCUT2D eigenvalue weighted by Crippen LogP contribution is -2.33. The first-order valence-corrected chi connectivity index (χ1v) is 8.01. The lowest BCUT2D eigenvalue weighted by Gasteiger charge is -2.27. The summed E-state index contributed by atoms with van der Waals surface area (Å²) in [5.41, 5.74) is 1.46. The summed E-state index contributed by atoms with van der Waals surface area (Å²) in [6, 6.07) is 11.5. The van der Waals surface area contributed by atoms with Crippen LogP contribution in [0.5, 0.6) is 0 Å². The van der Waals surface area contributed by atoms with Gasteiger partial charge in [-0.25, -0.2) is 0 Å². The Labute approximate surface area is 118 Å². The molecule has 1 aliphatic rings. The van der Waals surface area contributed by atoms with Crippen molar-refractivity contribution in [1.82, 2.24) is 5.32 Å². The van der Waals surface area contributed by atoms with E-state index in [1.54, 1.807) is 0 Å². The molecule has 1 N–H and O–H groups in total. The molecule has 1 atom stereocenters. The number of aryl methyl sites for hydroxylation is 1. The summed E-state index contributed by atoms with van der Waals surface area (Å²) in [4.78, 5) is 0. The van der Waals surface area contributed by atoms with Gasteiger partial charge in [-0.05, 0) is 56.6 Å². The predicted octanol–water partition coefficient (Wildman–Crippen LogP) is 4.42. The topological polar surface area (TPSA) is 12.0 Å². The van der Waals surface area contributed by atoms with E-state index in [1.807, 2.05) is 0 Å². The summed E-state index contributed by atoms with van der Waals surface area (Å²) in [5, 5.41) is 3.74. The molecular formula is C18H29N. The number of hydrogen-bond donors (Lipinski definition) is 1. The fourth-order valence-electron chi connectivity index (χ4n) is 3.03. The first-order chi connectivity index (χ1) is 9.24. The zero-order chi connectivity index (χ0) is 13.5. The van der Waals surface area contributed by atoms with E-state index in [4.69, 9.17) is 0 Å². The molecule has 1 aromatic rings. The van der Waals surface area contributed by atoms with Crippen LogP contribution >= 0.6 is 0 Å². The predicted molar refractivity (Wildman–Crippen MR) is 83.3 cm³/mol. The van der Waals surface area contributed by atoms with Gasteiger partial charge in [-0.2, -0.15) is 0 Å². The molecular weight excluding hydrogens is 230 g/mol. The zero-order valence-corrected chi connectivity index (χ0v) is 12.6. The van der Waals surface area contributed by atoms with Gasteiger partial charge in [-0.3, -0.25) is 0 Å². The lowest BCUT2D eigenvalue weighted by atomic mass is 9.83. The fraction of sp³-hybridized carbons (Fsp3) is 0.667. The molecule has 0 heterocycles. The third kappa shape index (κ3) is 5.36. The zero-order valence-electron chi connectivity index (χ0n) is 12.6. The molecule has 1 aliphatic carbocycles. The second kappa shape index (κ2) is 7.69. The maximum absolute atomic E-state index is 3.74. The minimum atomic E-state index is 0.638. The van der Waals surface area contributed by atoms with Crippen LogP contribution in [-0.4, -0.2) is 12.6 Å². The SMILES string of the molecule is CC1CCC(CNC(C)CCc2ccccc2)CC1. The third-order valence-electron chi connectivity index (χ3n) is 4.60. The fourth-order valence-corrected chi connectivity index (χ4v) is 3.03. The smallest absolute Gasteiger partial charge is 0.00420 e. The molecule has 1 heteroatoms. The molecule has 1 unspecified atom stereocenters. The molecule has 1 nitrogen and oxygen atoms in total. The average molecular weight is 259 g/mol. The van der Waals surface area contributed by atoms with Gasteiger partial charge >= 0.3 is 0 Å². The minimum Gasteiger partial charge on any atom is -0.314 e. The lowest BCUT2D eigenvalue weighted by molar-refractivity contribution is 0.274. The van der Waals surface area contributed by atoms with E-state index in [1.165, 1.54) is 50.6 Å². The van der Waals surface area contributed by atoms with E-state index >= 15 is 0 Å². The van der Waals surface area contributed by atoms with Crippen LogP contribution < -0.4 is 5.32 Å². The molecule has 0 spiro atoms. The van der Waals surface area contributed by atoms with Crippen LogP contribution in [0.25, 0.3) is 0 Å². The molecule has 1 fully saturated rings. The summed E-state index contributed by atoms with van der Waals surface area (Å²) in [6.07, 6.45) is 8.17. The standard InChI is InChI=1S/C18H29N/c1-15-8-11-18(12-9-15)14-19-16(2)10-13-17-6-4-3-5-7-17/h3-7,15-16,18-19H,8-14H2,1-2H3. The van der Waals surface area contributed by atoms with Gasteiger partial charge in [0.2, 0.25) is 0 Å². The maximum Gasteiger partial charge on any atom is 0.00420 e. The largest absolute Gasteiger partial charge is 0.314 e. The summed E-state index contributed by atoms with van der Waals surface area (Å²) in [7, 11) is 0. The highest BCUT2D eigenvalue weighted by Gasteiger charge is 2.18. The Morgan fingerprint density at radius 3 is 2.47 bits per heavy atom. The van der Waals surface area contributed by atoms with E-state index in [0.717, 1.165) is 11.8 Å². The second-order valence-corrected chi connectivity index (χ2v) is 6.46.